The summed E-state index contributed by atoms with van der Waals surface area (Å²) in [7, 11) is 0. The molecule has 4 rings (SSSR count). The second kappa shape index (κ2) is 6.93. The molecule has 2 aliphatic rings. The standard InChI is InChI=1S/C20H18N2O5S/c1-2-26-16-8-12(5-6-15(16)23)13-9-18(24)22-19(14(13)10-21)28-11-20(22,25)17-4-3-7-27-17/h3-8,13,23,25H,2,9,11H2,1H3/t13-,20-/m1/s1. The first kappa shape index (κ1) is 18.5. The third-order valence-electron chi connectivity index (χ3n) is 4.91. The molecule has 2 N–H and O–H groups in total. The van der Waals surface area contributed by atoms with Crippen molar-refractivity contribution in [3.8, 4) is 17.6 Å². The lowest BCUT2D eigenvalue weighted by Gasteiger charge is -2.36. The molecule has 3 heterocycles. The Balaban J connectivity index is 1.78. The Morgan fingerprint density at radius 1 is 1.46 bits per heavy atom. The largest absolute Gasteiger partial charge is 0.504 e. The molecule has 0 aliphatic carbocycles. The number of thioether (sulfide) groups is 1. The highest BCUT2D eigenvalue weighted by Gasteiger charge is 2.53. The molecule has 0 bridgehead atoms. The number of ether oxygens (including phenoxy) is 1. The van der Waals surface area contributed by atoms with Gasteiger partial charge in [0.15, 0.2) is 17.3 Å². The smallest absolute Gasteiger partial charge is 0.231 e. The summed E-state index contributed by atoms with van der Waals surface area (Å²) in [6.45, 7) is 2.19. The molecule has 1 fully saturated rings. The van der Waals surface area contributed by atoms with Gasteiger partial charge in [0.05, 0.1) is 35.3 Å². The van der Waals surface area contributed by atoms with E-state index in [0.29, 0.717) is 28.5 Å². The minimum absolute atomic E-state index is 0.00274. The van der Waals surface area contributed by atoms with Crippen LogP contribution in [0.15, 0.2) is 51.6 Å². The quantitative estimate of drug-likeness (QED) is 0.815. The highest BCUT2D eigenvalue weighted by Crippen LogP contribution is 2.52. The Morgan fingerprint density at radius 2 is 2.29 bits per heavy atom. The third kappa shape index (κ3) is 2.75. The van der Waals surface area contributed by atoms with Gasteiger partial charge in [0.2, 0.25) is 11.6 Å². The molecule has 0 unspecified atom stereocenters. The van der Waals surface area contributed by atoms with E-state index < -0.39 is 11.6 Å². The number of amides is 1. The zero-order valence-electron chi connectivity index (χ0n) is 15.1. The normalized spacial score (nSPS) is 24.2. The first-order valence-electron chi connectivity index (χ1n) is 8.81. The Bertz CT molecular complexity index is 995. The van der Waals surface area contributed by atoms with Crippen LogP contribution in [0, 0.1) is 11.3 Å². The molecule has 0 saturated carbocycles. The fourth-order valence-electron chi connectivity index (χ4n) is 3.62. The van der Waals surface area contributed by atoms with Crippen molar-refractivity contribution >= 4 is 17.7 Å². The van der Waals surface area contributed by atoms with Crippen molar-refractivity contribution in [3.05, 3.63) is 58.5 Å². The van der Waals surface area contributed by atoms with Crippen LogP contribution in [0.4, 0.5) is 0 Å². The highest BCUT2D eigenvalue weighted by molar-refractivity contribution is 8.03. The van der Waals surface area contributed by atoms with E-state index in [1.54, 1.807) is 31.2 Å². The van der Waals surface area contributed by atoms with Crippen molar-refractivity contribution in [1.82, 2.24) is 4.90 Å². The molecule has 144 valence electrons. The summed E-state index contributed by atoms with van der Waals surface area (Å²) in [6.07, 6.45) is 1.46. The molecule has 0 spiro atoms. The number of hydrogen-bond acceptors (Lipinski definition) is 7. The van der Waals surface area contributed by atoms with E-state index >= 15 is 0 Å². The number of rotatable bonds is 4. The number of allylic oxidation sites excluding steroid dienone is 1. The van der Waals surface area contributed by atoms with Crippen LogP contribution < -0.4 is 4.74 Å². The van der Waals surface area contributed by atoms with Crippen LogP contribution in [0.5, 0.6) is 11.5 Å². The van der Waals surface area contributed by atoms with Crippen molar-refractivity contribution in [3.63, 3.8) is 0 Å². The van der Waals surface area contributed by atoms with Crippen LogP contribution in [-0.4, -0.2) is 33.4 Å². The van der Waals surface area contributed by atoms with Crippen molar-refractivity contribution in [2.45, 2.75) is 25.0 Å². The number of aliphatic hydroxyl groups is 1. The van der Waals surface area contributed by atoms with Crippen LogP contribution in [0.1, 0.15) is 30.6 Å². The summed E-state index contributed by atoms with van der Waals surface area (Å²) in [5.74, 6) is -0.0169. The lowest BCUT2D eigenvalue weighted by atomic mass is 9.85. The van der Waals surface area contributed by atoms with Gasteiger partial charge in [-0.25, -0.2) is 0 Å². The number of phenols is 1. The number of phenolic OH excluding ortho intramolecular Hbond substituents is 1. The average molecular weight is 398 g/mol. The van der Waals surface area contributed by atoms with E-state index in [-0.39, 0.29) is 29.6 Å². The summed E-state index contributed by atoms with van der Waals surface area (Å²) in [6, 6.07) is 10.3. The van der Waals surface area contributed by atoms with Crippen LogP contribution in [-0.2, 0) is 10.5 Å². The SMILES string of the molecule is CCOc1cc([C@H]2CC(=O)N3C(=C2C#N)SC[C@@]3(O)c2ccco2)ccc1O. The van der Waals surface area contributed by atoms with Crippen molar-refractivity contribution < 1.29 is 24.2 Å². The van der Waals surface area contributed by atoms with E-state index in [1.165, 1.54) is 29.0 Å². The molecule has 1 saturated heterocycles. The number of carbonyl (C=O) groups is 1. The number of aromatic hydroxyl groups is 1. The van der Waals surface area contributed by atoms with Gasteiger partial charge in [-0.05, 0) is 36.8 Å². The molecule has 0 radical (unpaired) electrons. The number of furan rings is 1. The fourth-order valence-corrected chi connectivity index (χ4v) is 4.95. The fraction of sp³-hybridized carbons (Fsp3) is 0.300. The first-order chi connectivity index (χ1) is 13.5. The van der Waals surface area contributed by atoms with E-state index in [4.69, 9.17) is 9.15 Å². The summed E-state index contributed by atoms with van der Waals surface area (Å²) in [5.41, 5.74) is -0.508. The van der Waals surface area contributed by atoms with Crippen LogP contribution in [0.3, 0.4) is 0 Å². The van der Waals surface area contributed by atoms with E-state index in [9.17, 15) is 20.3 Å². The first-order valence-corrected chi connectivity index (χ1v) is 9.80. The molecule has 2 aliphatic heterocycles. The summed E-state index contributed by atoms with van der Waals surface area (Å²) >= 11 is 1.26. The van der Waals surface area contributed by atoms with Crippen LogP contribution >= 0.6 is 11.8 Å². The van der Waals surface area contributed by atoms with Crippen LogP contribution in [0.25, 0.3) is 0 Å². The number of benzene rings is 1. The van der Waals surface area contributed by atoms with Gasteiger partial charge in [-0.3, -0.25) is 9.69 Å². The van der Waals surface area contributed by atoms with E-state index in [1.807, 2.05) is 0 Å². The monoisotopic (exact) mass is 398 g/mol. The minimum atomic E-state index is -1.61. The van der Waals surface area contributed by atoms with Crippen molar-refractivity contribution in [2.75, 3.05) is 12.4 Å². The van der Waals surface area contributed by atoms with Gasteiger partial charge >= 0.3 is 0 Å². The number of nitriles is 1. The van der Waals surface area contributed by atoms with Gasteiger partial charge in [-0.2, -0.15) is 5.26 Å². The maximum absolute atomic E-state index is 13.0. The second-order valence-electron chi connectivity index (χ2n) is 6.56. The van der Waals surface area contributed by atoms with Gasteiger partial charge in [0.25, 0.3) is 0 Å². The second-order valence-corrected chi connectivity index (χ2v) is 7.52. The lowest BCUT2D eigenvalue weighted by Crippen LogP contribution is -2.48. The molecule has 1 aromatic carbocycles. The Kier molecular flexibility index (Phi) is 4.57. The van der Waals surface area contributed by atoms with Gasteiger partial charge in [-0.15, -0.1) is 11.8 Å². The van der Waals surface area contributed by atoms with Gasteiger partial charge in [0, 0.05) is 12.3 Å². The Morgan fingerprint density at radius 3 is 2.96 bits per heavy atom. The maximum Gasteiger partial charge on any atom is 0.231 e. The zero-order chi connectivity index (χ0) is 19.9. The third-order valence-corrected chi connectivity index (χ3v) is 6.14. The lowest BCUT2D eigenvalue weighted by molar-refractivity contribution is -0.152. The number of hydrogen-bond donors (Lipinski definition) is 2. The van der Waals surface area contributed by atoms with Crippen molar-refractivity contribution in [1.29, 1.82) is 5.26 Å². The van der Waals surface area contributed by atoms with E-state index in [0.717, 1.165) is 0 Å². The molecule has 8 heteroatoms. The molecule has 7 nitrogen and oxygen atoms in total. The molecular weight excluding hydrogens is 380 g/mol. The summed E-state index contributed by atoms with van der Waals surface area (Å²) < 4.78 is 10.8. The molecule has 28 heavy (non-hydrogen) atoms. The van der Waals surface area contributed by atoms with Gasteiger partial charge in [-0.1, -0.05) is 6.07 Å². The number of fused-ring (bicyclic) bond motifs is 1. The van der Waals surface area contributed by atoms with E-state index in [2.05, 4.69) is 6.07 Å². The Hall–Kier alpha value is -2.89. The molecule has 1 aromatic heterocycles. The Labute approximate surface area is 165 Å². The number of carbonyl (C=O) groups excluding carboxylic acids is 1. The van der Waals surface area contributed by atoms with Gasteiger partial charge < -0.3 is 19.4 Å². The molecular formula is C20H18N2O5S. The summed E-state index contributed by atoms with van der Waals surface area (Å²) in [4.78, 5) is 14.3. The predicted octanol–water partition coefficient (Wildman–Crippen LogP) is 3.03. The molecule has 2 atom stereocenters. The summed E-state index contributed by atoms with van der Waals surface area (Å²) in [5, 5.41) is 31.3. The topological polar surface area (TPSA) is 107 Å². The van der Waals surface area contributed by atoms with Crippen molar-refractivity contribution in [2.24, 2.45) is 0 Å². The zero-order valence-corrected chi connectivity index (χ0v) is 15.9. The van der Waals surface area contributed by atoms with Crippen LogP contribution in [0.2, 0.25) is 0 Å². The average Bonchev–Trinajstić information content (AvgIpc) is 3.33. The maximum atomic E-state index is 13.0. The minimum Gasteiger partial charge on any atom is -0.504 e. The molecule has 1 amide bonds. The molecule has 2 aromatic rings. The van der Waals surface area contributed by atoms with Gasteiger partial charge in [0.1, 0.15) is 0 Å². The highest BCUT2D eigenvalue weighted by atomic mass is 32.2. The number of nitrogens with zero attached hydrogens (tertiary/aromatic N) is 2. The predicted molar refractivity (Wildman–Crippen MR) is 101 cm³/mol.